The van der Waals surface area contributed by atoms with Gasteiger partial charge in [-0.1, -0.05) is 92.7 Å². The third kappa shape index (κ3) is 7.51. The Balaban J connectivity index is 1.33. The van der Waals surface area contributed by atoms with Crippen molar-refractivity contribution in [1.82, 2.24) is 4.72 Å². The maximum atomic E-state index is 15.0. The normalized spacial score (nSPS) is 32.7. The highest BCUT2D eigenvalue weighted by atomic mass is 32.2. The van der Waals surface area contributed by atoms with Gasteiger partial charge in [-0.15, -0.1) is 0 Å². The van der Waals surface area contributed by atoms with E-state index >= 15 is 0 Å². The Kier molecular flexibility index (Phi) is 11.7. The third-order valence-electron chi connectivity index (χ3n) is 13.4. The summed E-state index contributed by atoms with van der Waals surface area (Å²) in [6.07, 6.45) is -10.9. The van der Waals surface area contributed by atoms with Gasteiger partial charge in [-0.05, 0) is 48.3 Å². The monoisotopic (exact) mass is 861 g/mol. The van der Waals surface area contributed by atoms with E-state index in [0.717, 1.165) is 6.92 Å². The smallest absolute Gasteiger partial charge is 0.338 e. The average molecular weight is 862 g/mol. The predicted molar refractivity (Wildman–Crippen MR) is 216 cm³/mol. The summed E-state index contributed by atoms with van der Waals surface area (Å²) in [6, 6.07) is 22.4. The van der Waals surface area contributed by atoms with E-state index in [4.69, 9.17) is 18.9 Å². The number of aliphatic hydroxyl groups excluding tert-OH is 3. The van der Waals surface area contributed by atoms with Gasteiger partial charge in [0.2, 0.25) is 10.0 Å². The lowest BCUT2D eigenvalue weighted by molar-refractivity contribution is -0.346. The number of rotatable bonds is 11. The fourth-order valence-corrected chi connectivity index (χ4v) is 11.5. The SMILES string of the molecule is CC(=O)O[C@@]12CO[C@@H]1C[C@H](O)[C@@]1(C)C(=O)[C@H](O)C3=C(C)[C@@H](OC(=O)[C@H](O)[C@@H](NS(=O)(=O)Cc4ccccc4)c4ccccc4)C[C@@](O)([C@@H](OC(=O)c4ccccc4)[C@H]21)C3(C)C. The Hall–Kier alpha value is -4.81. The molecule has 0 aromatic heterocycles. The Morgan fingerprint density at radius 2 is 1.51 bits per heavy atom. The zero-order valence-electron chi connectivity index (χ0n) is 34.4. The molecule has 5 N–H and O–H groups in total. The number of ketones is 1. The number of sulfonamides is 1. The number of Topliss-reactive ketones (excluding diaryl/α,β-unsaturated/α-hetero) is 1. The maximum Gasteiger partial charge on any atom is 0.338 e. The molecule has 1 aliphatic heterocycles. The number of hydrogen-bond acceptors (Lipinski definition) is 14. The number of fused-ring (bicyclic) bond motifs is 5. The summed E-state index contributed by atoms with van der Waals surface area (Å²) in [5, 5.41) is 49.3. The molecule has 3 aromatic rings. The van der Waals surface area contributed by atoms with Crippen molar-refractivity contribution in [3.8, 4) is 0 Å². The van der Waals surface area contributed by atoms with E-state index in [-0.39, 0.29) is 35.3 Å². The molecule has 0 radical (unpaired) electrons. The number of ether oxygens (including phenoxy) is 4. The van der Waals surface area contributed by atoms with Gasteiger partial charge in [0.15, 0.2) is 17.5 Å². The van der Waals surface area contributed by atoms with Crippen molar-refractivity contribution in [2.45, 2.75) is 107 Å². The third-order valence-corrected chi connectivity index (χ3v) is 14.7. The van der Waals surface area contributed by atoms with Crippen molar-refractivity contribution < 1.29 is 67.0 Å². The highest BCUT2D eigenvalue weighted by Gasteiger charge is 2.78. The molecule has 3 aromatic carbocycles. The van der Waals surface area contributed by atoms with Gasteiger partial charge in [0, 0.05) is 25.2 Å². The van der Waals surface area contributed by atoms with Crippen LogP contribution in [0.5, 0.6) is 0 Å². The lowest BCUT2D eigenvalue weighted by atomic mass is 9.44. The van der Waals surface area contributed by atoms with Crippen LogP contribution in [0.4, 0.5) is 0 Å². The highest BCUT2D eigenvalue weighted by molar-refractivity contribution is 7.88. The Bertz CT molecular complexity index is 2320. The standard InChI is InChI=1S/C45H51NO14S/c1-25-30(58-41(53)36(50)34(28-17-11-7-12-18-28)46-61(55,56)23-27-15-9-6-10-16-27)22-45(54)39(59-40(52)29-19-13-8-14-20-29)37-43(5,38(51)35(49)33(25)42(45,3)4)31(48)21-32-44(37,24-57-32)60-26(2)47/h6-20,30-32,34-37,39,46,48-50,54H,21-24H2,1-5H3/t30-,31-,32+,34-,35+,36+,37-,39-,43+,44-,45+/m0/s1. The molecular weight excluding hydrogens is 811 g/mol. The molecule has 7 rings (SSSR count). The van der Waals surface area contributed by atoms with E-state index in [9.17, 15) is 48.0 Å². The minimum Gasteiger partial charge on any atom is -0.456 e. The van der Waals surface area contributed by atoms with Crippen molar-refractivity contribution >= 4 is 33.7 Å². The van der Waals surface area contributed by atoms with Crippen molar-refractivity contribution in [3.05, 3.63) is 119 Å². The number of esters is 3. The highest BCUT2D eigenvalue weighted by Crippen LogP contribution is 2.64. The van der Waals surface area contributed by atoms with Crippen molar-refractivity contribution in [1.29, 1.82) is 0 Å². The van der Waals surface area contributed by atoms with E-state index in [1.165, 1.54) is 52.0 Å². The largest absolute Gasteiger partial charge is 0.456 e. The van der Waals surface area contributed by atoms with Crippen LogP contribution in [0.3, 0.4) is 0 Å². The van der Waals surface area contributed by atoms with E-state index in [1.807, 2.05) is 0 Å². The molecular formula is C45H51NO14S. The van der Waals surface area contributed by atoms with Gasteiger partial charge in [0.1, 0.15) is 30.0 Å². The van der Waals surface area contributed by atoms with Crippen molar-refractivity contribution in [2.24, 2.45) is 16.7 Å². The summed E-state index contributed by atoms with van der Waals surface area (Å²) in [4.78, 5) is 56.2. The van der Waals surface area contributed by atoms with Gasteiger partial charge >= 0.3 is 17.9 Å². The molecule has 15 nitrogen and oxygen atoms in total. The van der Waals surface area contributed by atoms with Crippen molar-refractivity contribution in [2.75, 3.05) is 6.61 Å². The van der Waals surface area contributed by atoms with Gasteiger partial charge in [-0.25, -0.2) is 22.7 Å². The molecule has 2 saturated carbocycles. The molecule has 1 saturated heterocycles. The maximum absolute atomic E-state index is 15.0. The summed E-state index contributed by atoms with van der Waals surface area (Å²) in [5.74, 6) is -6.00. The van der Waals surface area contributed by atoms with Gasteiger partial charge in [-0.2, -0.15) is 0 Å². The molecule has 0 unspecified atom stereocenters. The molecule has 0 amide bonds. The molecule has 61 heavy (non-hydrogen) atoms. The predicted octanol–water partition coefficient (Wildman–Crippen LogP) is 2.85. The van der Waals surface area contributed by atoms with Crippen LogP contribution in [-0.4, -0.2) is 107 Å². The molecule has 326 valence electrons. The van der Waals surface area contributed by atoms with Crippen LogP contribution >= 0.6 is 0 Å². The second-order valence-electron chi connectivity index (χ2n) is 17.3. The average Bonchev–Trinajstić information content (AvgIpc) is 3.21. The van der Waals surface area contributed by atoms with Crippen LogP contribution < -0.4 is 4.72 Å². The summed E-state index contributed by atoms with van der Waals surface area (Å²) < 4.78 is 53.6. The summed E-state index contributed by atoms with van der Waals surface area (Å²) in [6.45, 7) is 6.75. The number of carbonyl (C=O) groups excluding carboxylic acids is 4. The first-order chi connectivity index (χ1) is 28.7. The van der Waals surface area contributed by atoms with Crippen LogP contribution in [0.2, 0.25) is 0 Å². The van der Waals surface area contributed by atoms with Crippen LogP contribution in [0.15, 0.2) is 102 Å². The van der Waals surface area contributed by atoms with E-state index in [2.05, 4.69) is 4.72 Å². The van der Waals surface area contributed by atoms with E-state index in [0.29, 0.717) is 5.56 Å². The van der Waals surface area contributed by atoms with Gasteiger partial charge < -0.3 is 39.4 Å². The van der Waals surface area contributed by atoms with Crippen LogP contribution in [-0.2, 0) is 49.1 Å². The first-order valence-corrected chi connectivity index (χ1v) is 21.7. The number of aliphatic hydroxyl groups is 4. The Labute approximate surface area is 353 Å². The minimum absolute atomic E-state index is 0.0638. The fourth-order valence-electron chi connectivity index (χ4n) is 10.1. The topological polar surface area (TPSA) is 232 Å². The Morgan fingerprint density at radius 3 is 2.08 bits per heavy atom. The fraction of sp³-hybridized carbons (Fsp3) is 0.467. The molecule has 11 atom stereocenters. The molecule has 3 fully saturated rings. The lowest BCUT2D eigenvalue weighted by Gasteiger charge is -2.67. The summed E-state index contributed by atoms with van der Waals surface area (Å²) in [7, 11) is -4.20. The zero-order valence-corrected chi connectivity index (χ0v) is 35.2. The molecule has 16 heteroatoms. The molecule has 4 aliphatic rings. The van der Waals surface area contributed by atoms with Crippen molar-refractivity contribution in [3.63, 3.8) is 0 Å². The van der Waals surface area contributed by atoms with Gasteiger partial charge in [0.25, 0.3) is 0 Å². The summed E-state index contributed by atoms with van der Waals surface area (Å²) >= 11 is 0. The van der Waals surface area contributed by atoms with E-state index < -0.39 is 117 Å². The summed E-state index contributed by atoms with van der Waals surface area (Å²) in [5.41, 5.74) is -7.08. The van der Waals surface area contributed by atoms with E-state index in [1.54, 1.807) is 66.7 Å². The first kappa shape index (κ1) is 44.3. The minimum atomic E-state index is -4.20. The number of nitrogens with one attached hydrogen (secondary N) is 1. The molecule has 3 aliphatic carbocycles. The number of hydrogen-bond donors (Lipinski definition) is 5. The molecule has 2 bridgehead atoms. The number of benzene rings is 3. The Morgan fingerprint density at radius 1 is 0.918 bits per heavy atom. The van der Waals surface area contributed by atoms with Crippen LogP contribution in [0.25, 0.3) is 0 Å². The van der Waals surface area contributed by atoms with Gasteiger partial charge in [-0.3, -0.25) is 9.59 Å². The quantitative estimate of drug-likeness (QED) is 0.106. The van der Waals surface area contributed by atoms with Crippen LogP contribution in [0, 0.1) is 16.7 Å². The number of carbonyl (C=O) groups is 4. The molecule has 1 heterocycles. The first-order valence-electron chi connectivity index (χ1n) is 20.1. The second kappa shape index (κ2) is 16.1. The van der Waals surface area contributed by atoms with Crippen LogP contribution in [0.1, 0.15) is 75.0 Å². The second-order valence-corrected chi connectivity index (χ2v) is 19.0. The zero-order chi connectivity index (χ0) is 44.3. The van der Waals surface area contributed by atoms with Gasteiger partial charge in [0.05, 0.1) is 41.4 Å². The lowest BCUT2D eigenvalue weighted by Crippen LogP contribution is -2.81. The molecule has 0 spiro atoms.